The van der Waals surface area contributed by atoms with Crippen molar-refractivity contribution in [1.29, 1.82) is 0 Å². The summed E-state index contributed by atoms with van der Waals surface area (Å²) in [6, 6.07) is 7.41. The van der Waals surface area contributed by atoms with Crippen LogP contribution in [0, 0.1) is 6.92 Å². The predicted octanol–water partition coefficient (Wildman–Crippen LogP) is 2.02. The van der Waals surface area contributed by atoms with Crippen molar-refractivity contribution in [3.05, 3.63) is 47.9 Å². The first-order valence-corrected chi connectivity index (χ1v) is 7.84. The number of nitrogen functional groups attached to an aromatic ring is 1. The number of nitrogens with one attached hydrogen (secondary N) is 2. The molecule has 0 aliphatic heterocycles. The van der Waals surface area contributed by atoms with Crippen LogP contribution in [0.25, 0.3) is 5.69 Å². The Morgan fingerprint density at radius 1 is 1.24 bits per heavy atom. The van der Waals surface area contributed by atoms with Crippen molar-refractivity contribution in [2.45, 2.75) is 13.5 Å². The van der Waals surface area contributed by atoms with Gasteiger partial charge in [0.25, 0.3) is 0 Å². The molecular weight excluding hydrogens is 318 g/mol. The highest BCUT2D eigenvalue weighted by atomic mass is 16.5. The van der Waals surface area contributed by atoms with E-state index >= 15 is 0 Å². The van der Waals surface area contributed by atoms with Crippen molar-refractivity contribution >= 4 is 17.5 Å². The molecule has 4 N–H and O–H groups in total. The lowest BCUT2D eigenvalue weighted by molar-refractivity contribution is 0.412. The molecule has 0 aliphatic carbocycles. The van der Waals surface area contributed by atoms with Gasteiger partial charge in [0.05, 0.1) is 13.3 Å². The summed E-state index contributed by atoms with van der Waals surface area (Å²) in [4.78, 5) is 8.53. The normalized spacial score (nSPS) is 10.7. The van der Waals surface area contributed by atoms with Crippen molar-refractivity contribution in [1.82, 2.24) is 25.1 Å². The Hall–Kier alpha value is -3.13. The van der Waals surface area contributed by atoms with Gasteiger partial charge in [0.2, 0.25) is 5.95 Å². The summed E-state index contributed by atoms with van der Waals surface area (Å²) in [5.74, 6) is 1.59. The Morgan fingerprint density at radius 2 is 2.08 bits per heavy atom. The summed E-state index contributed by atoms with van der Waals surface area (Å²) in [5.41, 5.74) is 9.29. The summed E-state index contributed by atoms with van der Waals surface area (Å²) in [6.07, 6.45) is 3.78. The van der Waals surface area contributed by atoms with Crippen LogP contribution in [0.5, 0.6) is 5.75 Å². The maximum absolute atomic E-state index is 5.78. The molecule has 0 fully saturated rings. The van der Waals surface area contributed by atoms with Crippen LogP contribution in [-0.4, -0.2) is 33.9 Å². The molecule has 0 unspecified atom stereocenters. The third-order valence-corrected chi connectivity index (χ3v) is 3.57. The van der Waals surface area contributed by atoms with Crippen LogP contribution < -0.4 is 21.1 Å². The van der Waals surface area contributed by atoms with Gasteiger partial charge in [-0.3, -0.25) is 0 Å². The molecule has 2 heterocycles. The Bertz CT molecular complexity index is 855. The third-order valence-electron chi connectivity index (χ3n) is 3.57. The average molecular weight is 339 g/mol. The van der Waals surface area contributed by atoms with Crippen LogP contribution in [0.3, 0.4) is 0 Å². The molecule has 0 atom stereocenters. The van der Waals surface area contributed by atoms with E-state index in [1.807, 2.05) is 44.6 Å². The summed E-state index contributed by atoms with van der Waals surface area (Å²) in [6.45, 7) is 2.62. The highest BCUT2D eigenvalue weighted by Gasteiger charge is 2.10. The SMILES string of the molecule is CNCc1cnn(-c2cc(Nc3nc(C)cc(N)n3)ccc2OC)c1. The van der Waals surface area contributed by atoms with E-state index in [9.17, 15) is 0 Å². The number of nitrogens with two attached hydrogens (primary N) is 1. The Kier molecular flexibility index (Phi) is 4.80. The van der Waals surface area contributed by atoms with Crippen molar-refractivity contribution in [2.75, 3.05) is 25.2 Å². The summed E-state index contributed by atoms with van der Waals surface area (Å²) >= 11 is 0. The summed E-state index contributed by atoms with van der Waals surface area (Å²) < 4.78 is 7.24. The zero-order valence-corrected chi connectivity index (χ0v) is 14.4. The minimum absolute atomic E-state index is 0.424. The number of methoxy groups -OCH3 is 1. The Labute approximate surface area is 146 Å². The molecule has 0 bridgehead atoms. The van der Waals surface area contributed by atoms with E-state index in [1.54, 1.807) is 17.9 Å². The second kappa shape index (κ2) is 7.18. The number of benzene rings is 1. The quantitative estimate of drug-likeness (QED) is 0.631. The highest BCUT2D eigenvalue weighted by Crippen LogP contribution is 2.27. The van der Waals surface area contributed by atoms with E-state index in [0.29, 0.717) is 17.5 Å². The van der Waals surface area contributed by atoms with Crippen LogP contribution in [0.2, 0.25) is 0 Å². The van der Waals surface area contributed by atoms with Gasteiger partial charge in [-0.25, -0.2) is 9.67 Å². The van der Waals surface area contributed by atoms with Gasteiger partial charge in [0.15, 0.2) is 0 Å². The van der Waals surface area contributed by atoms with Crippen LogP contribution in [0.15, 0.2) is 36.7 Å². The van der Waals surface area contributed by atoms with Crippen molar-refractivity contribution in [3.8, 4) is 11.4 Å². The highest BCUT2D eigenvalue weighted by molar-refractivity contribution is 5.62. The molecule has 8 nitrogen and oxygen atoms in total. The van der Waals surface area contributed by atoms with Gasteiger partial charge in [-0.1, -0.05) is 0 Å². The number of nitrogens with zero attached hydrogens (tertiary/aromatic N) is 4. The Balaban J connectivity index is 1.93. The molecule has 130 valence electrons. The van der Waals surface area contributed by atoms with Crippen LogP contribution in [0.1, 0.15) is 11.3 Å². The fourth-order valence-electron chi connectivity index (χ4n) is 2.51. The topological polar surface area (TPSA) is 103 Å². The standard InChI is InChI=1S/C17H21N7O/c1-11-6-16(18)23-17(21-11)22-13-4-5-15(25-3)14(7-13)24-10-12(8-19-2)9-20-24/h4-7,9-10,19H,8H2,1-3H3,(H3,18,21,22,23). The number of hydrogen-bond donors (Lipinski definition) is 3. The number of aryl methyl sites for hydroxylation is 1. The monoisotopic (exact) mass is 339 g/mol. The fraction of sp³-hybridized carbons (Fsp3) is 0.235. The second-order valence-corrected chi connectivity index (χ2v) is 5.59. The smallest absolute Gasteiger partial charge is 0.229 e. The zero-order chi connectivity index (χ0) is 17.8. The van der Waals surface area contributed by atoms with E-state index in [-0.39, 0.29) is 0 Å². The van der Waals surface area contributed by atoms with Gasteiger partial charge in [0, 0.05) is 35.8 Å². The molecule has 0 aliphatic rings. The lowest BCUT2D eigenvalue weighted by atomic mass is 10.2. The van der Waals surface area contributed by atoms with Crippen LogP contribution in [-0.2, 0) is 6.54 Å². The molecule has 2 aromatic heterocycles. The molecule has 3 rings (SSSR count). The number of rotatable bonds is 6. The van der Waals surface area contributed by atoms with Crippen molar-refractivity contribution < 1.29 is 4.74 Å². The zero-order valence-electron chi connectivity index (χ0n) is 14.4. The number of anilines is 3. The maximum Gasteiger partial charge on any atom is 0.229 e. The molecule has 0 radical (unpaired) electrons. The average Bonchev–Trinajstić information content (AvgIpc) is 3.03. The minimum atomic E-state index is 0.424. The number of ether oxygens (including phenoxy) is 1. The molecular formula is C17H21N7O. The van der Waals surface area contributed by atoms with E-state index in [1.165, 1.54) is 0 Å². The lowest BCUT2D eigenvalue weighted by Gasteiger charge is -2.12. The first kappa shape index (κ1) is 16.7. The van der Waals surface area contributed by atoms with Gasteiger partial charge < -0.3 is 21.1 Å². The van der Waals surface area contributed by atoms with Gasteiger partial charge in [0.1, 0.15) is 17.3 Å². The molecule has 0 amide bonds. The minimum Gasteiger partial charge on any atom is -0.494 e. The summed E-state index contributed by atoms with van der Waals surface area (Å²) in [5, 5.41) is 10.7. The first-order chi connectivity index (χ1) is 12.1. The van der Waals surface area contributed by atoms with Gasteiger partial charge in [-0.05, 0) is 32.2 Å². The van der Waals surface area contributed by atoms with Gasteiger partial charge in [-0.15, -0.1) is 0 Å². The Morgan fingerprint density at radius 3 is 2.80 bits per heavy atom. The molecule has 3 aromatic rings. The fourth-order valence-corrected chi connectivity index (χ4v) is 2.51. The first-order valence-electron chi connectivity index (χ1n) is 7.84. The van der Waals surface area contributed by atoms with Gasteiger partial charge >= 0.3 is 0 Å². The maximum atomic E-state index is 5.78. The number of hydrogen-bond acceptors (Lipinski definition) is 7. The van der Waals surface area contributed by atoms with Crippen LogP contribution in [0.4, 0.5) is 17.5 Å². The lowest BCUT2D eigenvalue weighted by Crippen LogP contribution is -2.04. The molecule has 0 saturated heterocycles. The van der Waals surface area contributed by atoms with E-state index in [0.717, 1.165) is 29.2 Å². The molecule has 25 heavy (non-hydrogen) atoms. The molecule has 8 heteroatoms. The predicted molar refractivity (Wildman–Crippen MR) is 97.3 cm³/mol. The van der Waals surface area contributed by atoms with Gasteiger partial charge in [-0.2, -0.15) is 10.1 Å². The van der Waals surface area contributed by atoms with Crippen molar-refractivity contribution in [2.24, 2.45) is 0 Å². The largest absolute Gasteiger partial charge is 0.494 e. The van der Waals surface area contributed by atoms with Crippen LogP contribution >= 0.6 is 0 Å². The molecule has 0 spiro atoms. The third kappa shape index (κ3) is 3.86. The second-order valence-electron chi connectivity index (χ2n) is 5.59. The van der Waals surface area contributed by atoms with E-state index < -0.39 is 0 Å². The van der Waals surface area contributed by atoms with E-state index in [2.05, 4.69) is 25.7 Å². The van der Waals surface area contributed by atoms with E-state index in [4.69, 9.17) is 10.5 Å². The number of aromatic nitrogens is 4. The van der Waals surface area contributed by atoms with Crippen molar-refractivity contribution in [3.63, 3.8) is 0 Å². The molecule has 1 aromatic carbocycles. The molecule has 0 saturated carbocycles. The summed E-state index contributed by atoms with van der Waals surface area (Å²) in [7, 11) is 3.53.